The fraction of sp³-hybridized carbons (Fsp3) is 0.643. The number of carbonyl (C=O) groups excluding carboxylic acids is 1. The average Bonchev–Trinajstić information content (AvgIpc) is 2.86. The van der Waals surface area contributed by atoms with Crippen LogP contribution >= 0.6 is 0 Å². The second kappa shape index (κ2) is 5.64. The lowest BCUT2D eigenvalue weighted by molar-refractivity contribution is -0.125. The SMILES string of the molecule is COc1cnc(N2CCC(C(=O)NC(C)(C)C)C2)nc1. The number of ether oxygens (including phenoxy) is 1. The van der Waals surface area contributed by atoms with Gasteiger partial charge in [-0.15, -0.1) is 0 Å². The van der Waals surface area contributed by atoms with Crippen molar-refractivity contribution < 1.29 is 9.53 Å². The van der Waals surface area contributed by atoms with Crippen LogP contribution in [-0.2, 0) is 4.79 Å². The Hall–Kier alpha value is -1.85. The molecule has 1 aliphatic rings. The molecule has 1 saturated heterocycles. The standard InChI is InChI=1S/C14H22N4O2/c1-14(2,3)17-12(19)10-5-6-18(9-10)13-15-7-11(20-4)8-16-13/h7-8,10H,5-6,9H2,1-4H3,(H,17,19). The van der Waals surface area contributed by atoms with E-state index < -0.39 is 0 Å². The molecular weight excluding hydrogens is 256 g/mol. The first-order chi connectivity index (χ1) is 9.39. The van der Waals surface area contributed by atoms with Crippen LogP contribution in [0.25, 0.3) is 0 Å². The van der Waals surface area contributed by atoms with Crippen molar-refractivity contribution >= 4 is 11.9 Å². The summed E-state index contributed by atoms with van der Waals surface area (Å²) in [6, 6.07) is 0. The molecule has 20 heavy (non-hydrogen) atoms. The highest BCUT2D eigenvalue weighted by Crippen LogP contribution is 2.22. The molecule has 1 fully saturated rings. The van der Waals surface area contributed by atoms with Gasteiger partial charge < -0.3 is 15.0 Å². The van der Waals surface area contributed by atoms with E-state index in [4.69, 9.17) is 4.74 Å². The Morgan fingerprint density at radius 3 is 2.60 bits per heavy atom. The Balaban J connectivity index is 1.96. The fourth-order valence-corrected chi connectivity index (χ4v) is 2.21. The highest BCUT2D eigenvalue weighted by Gasteiger charge is 2.31. The third-order valence-electron chi connectivity index (χ3n) is 3.19. The van der Waals surface area contributed by atoms with Crippen molar-refractivity contribution in [3.05, 3.63) is 12.4 Å². The molecule has 6 heteroatoms. The lowest BCUT2D eigenvalue weighted by atomic mass is 10.0. The predicted octanol–water partition coefficient (Wildman–Crippen LogP) is 1.23. The number of nitrogens with zero attached hydrogens (tertiary/aromatic N) is 3. The van der Waals surface area contributed by atoms with Crippen molar-refractivity contribution in [3.63, 3.8) is 0 Å². The molecular formula is C14H22N4O2. The van der Waals surface area contributed by atoms with Crippen LogP contribution in [0.3, 0.4) is 0 Å². The first kappa shape index (κ1) is 14.6. The van der Waals surface area contributed by atoms with E-state index in [2.05, 4.69) is 15.3 Å². The average molecular weight is 278 g/mol. The van der Waals surface area contributed by atoms with E-state index in [0.717, 1.165) is 13.0 Å². The number of methoxy groups -OCH3 is 1. The van der Waals surface area contributed by atoms with Gasteiger partial charge in [-0.05, 0) is 27.2 Å². The van der Waals surface area contributed by atoms with E-state index in [1.807, 2.05) is 25.7 Å². The first-order valence-electron chi connectivity index (χ1n) is 6.82. The first-order valence-corrected chi connectivity index (χ1v) is 6.82. The lowest BCUT2D eigenvalue weighted by Gasteiger charge is -2.23. The monoisotopic (exact) mass is 278 g/mol. The molecule has 1 unspecified atom stereocenters. The van der Waals surface area contributed by atoms with Crippen molar-refractivity contribution in [2.24, 2.45) is 5.92 Å². The quantitative estimate of drug-likeness (QED) is 0.900. The predicted molar refractivity (Wildman–Crippen MR) is 76.8 cm³/mol. The number of anilines is 1. The molecule has 6 nitrogen and oxygen atoms in total. The number of carbonyl (C=O) groups is 1. The number of aromatic nitrogens is 2. The molecule has 1 aromatic rings. The van der Waals surface area contributed by atoms with E-state index in [1.54, 1.807) is 19.5 Å². The maximum Gasteiger partial charge on any atom is 0.225 e. The molecule has 0 aliphatic carbocycles. The summed E-state index contributed by atoms with van der Waals surface area (Å²) in [6.07, 6.45) is 4.12. The molecule has 0 saturated carbocycles. The number of rotatable bonds is 3. The summed E-state index contributed by atoms with van der Waals surface area (Å²) in [5.74, 6) is 1.39. The minimum absolute atomic E-state index is 0.0000679. The normalized spacial score (nSPS) is 19.0. The molecule has 1 aliphatic heterocycles. The van der Waals surface area contributed by atoms with Crippen LogP contribution in [0.15, 0.2) is 12.4 Å². The third kappa shape index (κ3) is 3.59. The summed E-state index contributed by atoms with van der Waals surface area (Å²) in [4.78, 5) is 22.7. The van der Waals surface area contributed by atoms with Crippen molar-refractivity contribution in [3.8, 4) is 5.75 Å². The van der Waals surface area contributed by atoms with Crippen LogP contribution in [0.1, 0.15) is 27.2 Å². The summed E-state index contributed by atoms with van der Waals surface area (Å²) >= 11 is 0. The second-order valence-electron chi connectivity index (χ2n) is 6.09. The van der Waals surface area contributed by atoms with Crippen molar-refractivity contribution in [1.29, 1.82) is 0 Å². The van der Waals surface area contributed by atoms with Gasteiger partial charge in [-0.2, -0.15) is 0 Å². The summed E-state index contributed by atoms with van der Waals surface area (Å²) in [5.41, 5.74) is -0.193. The number of nitrogens with one attached hydrogen (secondary N) is 1. The van der Waals surface area contributed by atoms with Gasteiger partial charge in [0.25, 0.3) is 0 Å². The summed E-state index contributed by atoms with van der Waals surface area (Å²) in [6.45, 7) is 7.43. The Kier molecular flexibility index (Phi) is 4.11. The molecule has 110 valence electrons. The molecule has 1 atom stereocenters. The van der Waals surface area contributed by atoms with Gasteiger partial charge in [0, 0.05) is 18.6 Å². The summed E-state index contributed by atoms with van der Waals surface area (Å²) in [5, 5.41) is 3.02. The zero-order valence-electron chi connectivity index (χ0n) is 12.5. The van der Waals surface area contributed by atoms with E-state index in [-0.39, 0.29) is 17.4 Å². The molecule has 0 radical (unpaired) electrons. The van der Waals surface area contributed by atoms with E-state index >= 15 is 0 Å². The molecule has 2 rings (SSSR count). The topological polar surface area (TPSA) is 67.3 Å². The van der Waals surface area contributed by atoms with Crippen molar-refractivity contribution in [2.75, 3.05) is 25.1 Å². The number of hydrogen-bond acceptors (Lipinski definition) is 5. The van der Waals surface area contributed by atoms with Crippen LogP contribution in [0.2, 0.25) is 0 Å². The Bertz CT molecular complexity index is 467. The highest BCUT2D eigenvalue weighted by atomic mass is 16.5. The van der Waals surface area contributed by atoms with Crippen LogP contribution in [0, 0.1) is 5.92 Å². The Morgan fingerprint density at radius 2 is 2.05 bits per heavy atom. The van der Waals surface area contributed by atoms with Gasteiger partial charge in [0.2, 0.25) is 11.9 Å². The zero-order valence-corrected chi connectivity index (χ0v) is 12.5. The zero-order chi connectivity index (χ0) is 14.8. The minimum Gasteiger partial charge on any atom is -0.494 e. The minimum atomic E-state index is -0.193. The molecule has 1 amide bonds. The molecule has 1 N–H and O–H groups in total. The van der Waals surface area contributed by atoms with Gasteiger partial charge in [-0.1, -0.05) is 0 Å². The van der Waals surface area contributed by atoms with E-state index in [1.165, 1.54) is 0 Å². The number of amides is 1. The van der Waals surface area contributed by atoms with E-state index in [0.29, 0.717) is 18.2 Å². The largest absolute Gasteiger partial charge is 0.494 e. The highest BCUT2D eigenvalue weighted by molar-refractivity contribution is 5.80. The maximum atomic E-state index is 12.1. The van der Waals surface area contributed by atoms with Crippen molar-refractivity contribution in [1.82, 2.24) is 15.3 Å². The maximum absolute atomic E-state index is 12.1. The van der Waals surface area contributed by atoms with Gasteiger partial charge in [0.15, 0.2) is 5.75 Å². The van der Waals surface area contributed by atoms with Gasteiger partial charge >= 0.3 is 0 Å². The molecule has 2 heterocycles. The van der Waals surface area contributed by atoms with E-state index in [9.17, 15) is 4.79 Å². The van der Waals surface area contributed by atoms with Crippen LogP contribution in [-0.4, -0.2) is 41.6 Å². The molecule has 0 aromatic carbocycles. The molecule has 0 spiro atoms. The van der Waals surface area contributed by atoms with Gasteiger partial charge in [-0.25, -0.2) is 9.97 Å². The van der Waals surface area contributed by atoms with Crippen LogP contribution < -0.4 is 15.0 Å². The lowest BCUT2D eigenvalue weighted by Crippen LogP contribution is -2.44. The van der Waals surface area contributed by atoms with Crippen LogP contribution in [0.5, 0.6) is 5.75 Å². The molecule has 0 bridgehead atoms. The summed E-state index contributed by atoms with van der Waals surface area (Å²) < 4.78 is 5.04. The Morgan fingerprint density at radius 1 is 1.40 bits per heavy atom. The second-order valence-corrected chi connectivity index (χ2v) is 6.09. The smallest absolute Gasteiger partial charge is 0.225 e. The third-order valence-corrected chi connectivity index (χ3v) is 3.19. The number of hydrogen-bond donors (Lipinski definition) is 1. The molecule has 1 aromatic heterocycles. The van der Waals surface area contributed by atoms with Crippen molar-refractivity contribution in [2.45, 2.75) is 32.7 Å². The summed E-state index contributed by atoms with van der Waals surface area (Å²) in [7, 11) is 1.58. The van der Waals surface area contributed by atoms with Gasteiger partial charge in [0.05, 0.1) is 25.4 Å². The van der Waals surface area contributed by atoms with Crippen LogP contribution in [0.4, 0.5) is 5.95 Å². The van der Waals surface area contributed by atoms with Gasteiger partial charge in [0.1, 0.15) is 0 Å². The Labute approximate surface area is 119 Å². The fourth-order valence-electron chi connectivity index (χ4n) is 2.21. The van der Waals surface area contributed by atoms with Gasteiger partial charge in [-0.3, -0.25) is 4.79 Å².